The van der Waals surface area contributed by atoms with E-state index in [1.165, 1.54) is 0 Å². The van der Waals surface area contributed by atoms with E-state index in [1.807, 2.05) is 24.3 Å². The highest BCUT2D eigenvalue weighted by Crippen LogP contribution is 2.12. The van der Waals surface area contributed by atoms with Crippen molar-refractivity contribution in [3.8, 4) is 12.3 Å². The van der Waals surface area contributed by atoms with Gasteiger partial charge in [-0.15, -0.1) is 6.42 Å². The Labute approximate surface area is 102 Å². The molecule has 0 aliphatic rings. The summed E-state index contributed by atoms with van der Waals surface area (Å²) in [5, 5.41) is 2.78. The number of carbonyl (C=O) groups excluding carboxylic acids is 1. The largest absolute Gasteiger partial charge is 0.399 e. The summed E-state index contributed by atoms with van der Waals surface area (Å²) in [6.07, 6.45) is 6.31. The van der Waals surface area contributed by atoms with Gasteiger partial charge in [0.25, 0.3) is 0 Å². The molecule has 0 bridgehead atoms. The first-order chi connectivity index (χ1) is 7.94. The number of nitrogens with one attached hydrogen (secondary N) is 1. The second-order valence-corrected chi connectivity index (χ2v) is 4.52. The van der Waals surface area contributed by atoms with Crippen molar-refractivity contribution >= 4 is 11.6 Å². The number of para-hydroxylation sites is 1. The molecule has 3 nitrogen and oxygen atoms in total. The van der Waals surface area contributed by atoms with Crippen LogP contribution in [-0.4, -0.2) is 11.4 Å². The Morgan fingerprint density at radius 3 is 2.71 bits per heavy atom. The molecule has 3 N–H and O–H groups in total. The molecular formula is C14H18N2O. The average Bonchev–Trinajstić information content (AvgIpc) is 2.27. The summed E-state index contributed by atoms with van der Waals surface area (Å²) in [5.74, 6) is 2.47. The molecule has 1 aromatic carbocycles. The van der Waals surface area contributed by atoms with Crippen LogP contribution in [0.5, 0.6) is 0 Å². The molecule has 17 heavy (non-hydrogen) atoms. The summed E-state index contributed by atoms with van der Waals surface area (Å²) >= 11 is 0. The van der Waals surface area contributed by atoms with Crippen molar-refractivity contribution in [1.29, 1.82) is 0 Å². The highest BCUT2D eigenvalue weighted by molar-refractivity contribution is 5.77. The van der Waals surface area contributed by atoms with Gasteiger partial charge in [-0.1, -0.05) is 24.1 Å². The predicted octanol–water partition coefficient (Wildman–Crippen LogP) is 1.73. The van der Waals surface area contributed by atoms with Gasteiger partial charge in [0.2, 0.25) is 5.91 Å². The lowest BCUT2D eigenvalue weighted by molar-refractivity contribution is -0.122. The van der Waals surface area contributed by atoms with Crippen LogP contribution in [-0.2, 0) is 11.2 Å². The zero-order valence-electron chi connectivity index (χ0n) is 10.3. The molecule has 0 saturated carbocycles. The summed E-state index contributed by atoms with van der Waals surface area (Å²) in [6.45, 7) is 3.59. The van der Waals surface area contributed by atoms with Crippen LogP contribution in [0.3, 0.4) is 0 Å². The zero-order valence-corrected chi connectivity index (χ0v) is 10.3. The molecule has 0 aliphatic carbocycles. The lowest BCUT2D eigenvalue weighted by Crippen LogP contribution is -2.42. The molecule has 1 rings (SSSR count). The van der Waals surface area contributed by atoms with Crippen LogP contribution in [0.1, 0.15) is 25.8 Å². The van der Waals surface area contributed by atoms with Crippen molar-refractivity contribution in [2.75, 3.05) is 5.73 Å². The summed E-state index contributed by atoms with van der Waals surface area (Å²) < 4.78 is 0. The summed E-state index contributed by atoms with van der Waals surface area (Å²) in [7, 11) is 0. The van der Waals surface area contributed by atoms with Gasteiger partial charge in [-0.25, -0.2) is 0 Å². The first-order valence-corrected chi connectivity index (χ1v) is 5.57. The third kappa shape index (κ3) is 4.20. The molecule has 3 heteroatoms. The second-order valence-electron chi connectivity index (χ2n) is 4.52. The highest BCUT2D eigenvalue weighted by Gasteiger charge is 2.16. The van der Waals surface area contributed by atoms with Crippen LogP contribution < -0.4 is 11.1 Å². The van der Waals surface area contributed by atoms with E-state index in [4.69, 9.17) is 12.2 Å². The van der Waals surface area contributed by atoms with Crippen molar-refractivity contribution < 1.29 is 4.79 Å². The van der Waals surface area contributed by atoms with E-state index in [1.54, 1.807) is 13.8 Å². The first kappa shape index (κ1) is 13.1. The molecule has 1 amide bonds. The topological polar surface area (TPSA) is 55.1 Å². The summed E-state index contributed by atoms with van der Waals surface area (Å²) in [5.41, 5.74) is 6.90. The minimum Gasteiger partial charge on any atom is -0.399 e. The number of nitrogen functional groups attached to an aromatic ring is 1. The Morgan fingerprint density at radius 2 is 2.12 bits per heavy atom. The average molecular weight is 230 g/mol. The molecule has 0 fully saturated rings. The summed E-state index contributed by atoms with van der Waals surface area (Å²) in [6, 6.07) is 7.54. The van der Waals surface area contributed by atoms with Gasteiger partial charge in [0.05, 0.1) is 5.54 Å². The third-order valence-electron chi connectivity index (χ3n) is 2.49. The normalized spacial score (nSPS) is 10.6. The van der Waals surface area contributed by atoms with Gasteiger partial charge in [0, 0.05) is 12.1 Å². The van der Waals surface area contributed by atoms with E-state index >= 15 is 0 Å². The van der Waals surface area contributed by atoms with Gasteiger partial charge in [-0.3, -0.25) is 4.79 Å². The molecule has 0 spiro atoms. The fourth-order valence-electron chi connectivity index (χ4n) is 1.46. The Morgan fingerprint density at radius 1 is 1.47 bits per heavy atom. The zero-order chi connectivity index (χ0) is 12.9. The monoisotopic (exact) mass is 230 g/mol. The van der Waals surface area contributed by atoms with Crippen LogP contribution in [0.4, 0.5) is 5.69 Å². The number of amides is 1. The highest BCUT2D eigenvalue weighted by atomic mass is 16.1. The van der Waals surface area contributed by atoms with E-state index < -0.39 is 5.54 Å². The van der Waals surface area contributed by atoms with Crippen LogP contribution >= 0.6 is 0 Å². The maximum absolute atomic E-state index is 11.7. The van der Waals surface area contributed by atoms with Crippen LogP contribution in [0.2, 0.25) is 0 Å². The minimum absolute atomic E-state index is 0.0591. The predicted molar refractivity (Wildman–Crippen MR) is 70.2 cm³/mol. The van der Waals surface area contributed by atoms with Crippen molar-refractivity contribution in [3.63, 3.8) is 0 Å². The standard InChI is InChI=1S/C14H18N2O/c1-4-14(2,3)16-13(17)10-9-11-7-5-6-8-12(11)15/h1,5-8H,9-10,15H2,2-3H3,(H,16,17). The van der Waals surface area contributed by atoms with E-state index in [0.29, 0.717) is 12.8 Å². The number of aryl methyl sites for hydroxylation is 1. The number of hydrogen-bond acceptors (Lipinski definition) is 2. The maximum atomic E-state index is 11.7. The number of terminal acetylenes is 1. The van der Waals surface area contributed by atoms with E-state index in [2.05, 4.69) is 11.2 Å². The molecule has 0 aliphatic heterocycles. The van der Waals surface area contributed by atoms with Gasteiger partial charge in [-0.2, -0.15) is 0 Å². The molecule has 0 aromatic heterocycles. The number of nitrogens with two attached hydrogens (primary N) is 1. The van der Waals surface area contributed by atoms with Crippen LogP contribution in [0, 0.1) is 12.3 Å². The van der Waals surface area contributed by atoms with Crippen LogP contribution in [0.25, 0.3) is 0 Å². The molecule has 0 atom stereocenters. The maximum Gasteiger partial charge on any atom is 0.221 e. The van der Waals surface area contributed by atoms with Crippen molar-refractivity contribution in [3.05, 3.63) is 29.8 Å². The molecule has 0 unspecified atom stereocenters. The number of benzene rings is 1. The SMILES string of the molecule is C#CC(C)(C)NC(=O)CCc1ccccc1N. The van der Waals surface area contributed by atoms with Gasteiger partial charge < -0.3 is 11.1 Å². The Balaban J connectivity index is 2.50. The molecule has 0 radical (unpaired) electrons. The molecular weight excluding hydrogens is 212 g/mol. The lowest BCUT2D eigenvalue weighted by atomic mass is 10.0. The van der Waals surface area contributed by atoms with E-state index in [-0.39, 0.29) is 5.91 Å². The van der Waals surface area contributed by atoms with Crippen molar-refractivity contribution in [2.24, 2.45) is 0 Å². The smallest absolute Gasteiger partial charge is 0.221 e. The minimum atomic E-state index is -0.598. The summed E-state index contributed by atoms with van der Waals surface area (Å²) in [4.78, 5) is 11.7. The first-order valence-electron chi connectivity index (χ1n) is 5.57. The quantitative estimate of drug-likeness (QED) is 0.611. The number of carbonyl (C=O) groups is 1. The van der Waals surface area contributed by atoms with E-state index in [0.717, 1.165) is 11.3 Å². The lowest BCUT2D eigenvalue weighted by Gasteiger charge is -2.19. The van der Waals surface area contributed by atoms with Gasteiger partial charge in [0.1, 0.15) is 0 Å². The molecule has 0 heterocycles. The Kier molecular flexibility index (Phi) is 4.17. The molecule has 90 valence electrons. The van der Waals surface area contributed by atoms with Crippen molar-refractivity contribution in [1.82, 2.24) is 5.32 Å². The number of rotatable bonds is 4. The Hall–Kier alpha value is -1.95. The molecule has 1 aromatic rings. The van der Waals surface area contributed by atoms with Crippen LogP contribution in [0.15, 0.2) is 24.3 Å². The number of anilines is 1. The van der Waals surface area contributed by atoms with E-state index in [9.17, 15) is 4.79 Å². The fraction of sp³-hybridized carbons (Fsp3) is 0.357. The second kappa shape index (κ2) is 5.40. The third-order valence-corrected chi connectivity index (χ3v) is 2.49. The van der Waals surface area contributed by atoms with Gasteiger partial charge in [-0.05, 0) is 31.9 Å². The number of hydrogen-bond donors (Lipinski definition) is 2. The van der Waals surface area contributed by atoms with Gasteiger partial charge >= 0.3 is 0 Å². The van der Waals surface area contributed by atoms with Gasteiger partial charge in [0.15, 0.2) is 0 Å². The fourth-order valence-corrected chi connectivity index (χ4v) is 1.46. The Bertz CT molecular complexity index is 444. The molecule has 0 saturated heterocycles. The van der Waals surface area contributed by atoms with Crippen molar-refractivity contribution in [2.45, 2.75) is 32.2 Å².